The van der Waals surface area contributed by atoms with E-state index >= 15 is 0 Å². The van der Waals surface area contributed by atoms with Gasteiger partial charge < -0.3 is 14.0 Å². The maximum Gasteiger partial charge on any atom is 0.282 e. The van der Waals surface area contributed by atoms with Crippen LogP contribution < -0.4 is 0 Å². The van der Waals surface area contributed by atoms with E-state index in [2.05, 4.69) is 10.1 Å². The molecule has 1 atom stereocenters. The number of hydrogen-bond donors (Lipinski definition) is 0. The van der Waals surface area contributed by atoms with Gasteiger partial charge in [0.05, 0.1) is 24.7 Å². The minimum atomic E-state index is -2.74. The number of hydrogen-bond acceptors (Lipinski definition) is 4. The summed E-state index contributed by atoms with van der Waals surface area (Å²) < 4.78 is 33.4. The predicted octanol–water partition coefficient (Wildman–Crippen LogP) is 1.89. The van der Waals surface area contributed by atoms with E-state index in [0.29, 0.717) is 26.2 Å². The first-order valence-corrected chi connectivity index (χ1v) is 8.35. The molecule has 2 aromatic heterocycles. The molecule has 0 bridgehead atoms. The molecular weight excluding hydrogens is 330 g/mol. The first-order valence-electron chi connectivity index (χ1n) is 8.35. The molecule has 25 heavy (non-hydrogen) atoms. The van der Waals surface area contributed by atoms with E-state index in [-0.39, 0.29) is 11.8 Å². The molecule has 1 amide bonds. The van der Waals surface area contributed by atoms with Gasteiger partial charge in [-0.2, -0.15) is 0 Å². The number of fused-ring (bicyclic) bond motifs is 1. The standard InChI is InChI=1S/C17H20F2N4O2/c1-12-5-14(20-25-12)8-21-6-13(7-22-4-2-3-15(22)9-21)16(24)23-10-17(18,19)11-23/h2-5,13H,6-11H2,1H3/t13-/m1/s1. The Morgan fingerprint density at radius 3 is 2.88 bits per heavy atom. The summed E-state index contributed by atoms with van der Waals surface area (Å²) in [7, 11) is 0. The molecule has 8 heteroatoms. The Hall–Kier alpha value is -2.22. The zero-order valence-electron chi connectivity index (χ0n) is 14.0. The van der Waals surface area contributed by atoms with Crippen molar-refractivity contribution in [2.45, 2.75) is 32.5 Å². The van der Waals surface area contributed by atoms with Crippen LogP contribution in [0.5, 0.6) is 0 Å². The number of nitrogens with zero attached hydrogens (tertiary/aromatic N) is 4. The molecule has 0 saturated carbocycles. The third-order valence-electron chi connectivity index (χ3n) is 4.77. The van der Waals surface area contributed by atoms with Crippen LogP contribution in [-0.2, 0) is 24.4 Å². The fraction of sp³-hybridized carbons (Fsp3) is 0.529. The smallest absolute Gasteiger partial charge is 0.282 e. The summed E-state index contributed by atoms with van der Waals surface area (Å²) in [6.07, 6.45) is 1.93. The maximum atomic E-state index is 13.1. The lowest BCUT2D eigenvalue weighted by molar-refractivity contribution is -0.170. The van der Waals surface area contributed by atoms with E-state index in [1.165, 1.54) is 4.90 Å². The van der Waals surface area contributed by atoms with Crippen molar-refractivity contribution < 1.29 is 18.1 Å². The molecule has 2 aliphatic heterocycles. The van der Waals surface area contributed by atoms with E-state index in [0.717, 1.165) is 17.1 Å². The average Bonchev–Trinajstić information content (AvgIpc) is 3.09. The highest BCUT2D eigenvalue weighted by atomic mass is 19.3. The molecule has 6 nitrogen and oxygen atoms in total. The van der Waals surface area contributed by atoms with Gasteiger partial charge in [0.25, 0.3) is 5.92 Å². The number of likely N-dealkylation sites (tertiary alicyclic amines) is 1. The average molecular weight is 350 g/mol. The molecule has 2 aromatic rings. The molecule has 0 unspecified atom stereocenters. The van der Waals surface area contributed by atoms with E-state index in [9.17, 15) is 13.6 Å². The van der Waals surface area contributed by atoms with Gasteiger partial charge in [0.2, 0.25) is 5.91 Å². The van der Waals surface area contributed by atoms with Gasteiger partial charge >= 0.3 is 0 Å². The number of carbonyl (C=O) groups excluding carboxylic acids is 1. The van der Waals surface area contributed by atoms with Gasteiger partial charge in [-0.05, 0) is 19.1 Å². The largest absolute Gasteiger partial charge is 0.361 e. The lowest BCUT2D eigenvalue weighted by Crippen LogP contribution is -2.60. The molecule has 1 fully saturated rings. The first-order chi connectivity index (χ1) is 11.9. The minimum absolute atomic E-state index is 0.200. The van der Waals surface area contributed by atoms with Crippen molar-refractivity contribution in [2.24, 2.45) is 5.92 Å². The van der Waals surface area contributed by atoms with Crippen LogP contribution in [0.2, 0.25) is 0 Å². The number of rotatable bonds is 3. The van der Waals surface area contributed by atoms with Crippen LogP contribution in [0.1, 0.15) is 17.1 Å². The van der Waals surface area contributed by atoms with Gasteiger partial charge in [0, 0.05) is 44.1 Å². The zero-order chi connectivity index (χ0) is 17.6. The van der Waals surface area contributed by atoms with Crippen molar-refractivity contribution in [3.63, 3.8) is 0 Å². The van der Waals surface area contributed by atoms with Crippen molar-refractivity contribution >= 4 is 5.91 Å². The van der Waals surface area contributed by atoms with Crippen LogP contribution >= 0.6 is 0 Å². The lowest BCUT2D eigenvalue weighted by atomic mass is 10.0. The molecule has 0 aromatic carbocycles. The van der Waals surface area contributed by atoms with E-state index in [1.807, 2.05) is 35.9 Å². The number of alkyl halides is 2. The van der Waals surface area contributed by atoms with Gasteiger partial charge in [0.1, 0.15) is 5.76 Å². The van der Waals surface area contributed by atoms with E-state index < -0.39 is 19.0 Å². The van der Waals surface area contributed by atoms with Crippen molar-refractivity contribution in [1.82, 2.24) is 19.5 Å². The van der Waals surface area contributed by atoms with Crippen molar-refractivity contribution in [2.75, 3.05) is 19.6 Å². The summed E-state index contributed by atoms with van der Waals surface area (Å²) in [4.78, 5) is 16.1. The summed E-state index contributed by atoms with van der Waals surface area (Å²) in [6.45, 7) is 3.15. The molecule has 0 radical (unpaired) electrons. The summed E-state index contributed by atoms with van der Waals surface area (Å²) in [5.41, 5.74) is 1.91. The number of carbonyl (C=O) groups is 1. The molecule has 0 aliphatic carbocycles. The van der Waals surface area contributed by atoms with E-state index in [4.69, 9.17) is 4.52 Å². The molecule has 134 valence electrons. The zero-order valence-corrected chi connectivity index (χ0v) is 14.0. The first kappa shape index (κ1) is 16.3. The second-order valence-corrected chi connectivity index (χ2v) is 7.00. The Bertz CT molecular complexity index is 777. The van der Waals surface area contributed by atoms with Gasteiger partial charge in [-0.1, -0.05) is 5.16 Å². The van der Waals surface area contributed by atoms with Crippen LogP contribution in [0.4, 0.5) is 8.78 Å². The summed E-state index contributed by atoms with van der Waals surface area (Å²) in [6, 6.07) is 5.83. The second-order valence-electron chi connectivity index (χ2n) is 7.00. The van der Waals surface area contributed by atoms with Crippen LogP contribution in [0.25, 0.3) is 0 Å². The fourth-order valence-corrected chi connectivity index (χ4v) is 3.60. The van der Waals surface area contributed by atoms with Crippen LogP contribution in [0.3, 0.4) is 0 Å². The third kappa shape index (κ3) is 3.30. The summed E-state index contributed by atoms with van der Waals surface area (Å²) >= 11 is 0. The van der Waals surface area contributed by atoms with Crippen LogP contribution in [-0.4, -0.2) is 51.0 Å². The fourth-order valence-electron chi connectivity index (χ4n) is 3.60. The van der Waals surface area contributed by atoms with Crippen molar-refractivity contribution in [3.05, 3.63) is 41.5 Å². The lowest BCUT2D eigenvalue weighted by Gasteiger charge is -2.40. The Balaban J connectivity index is 1.52. The highest BCUT2D eigenvalue weighted by molar-refractivity contribution is 5.80. The predicted molar refractivity (Wildman–Crippen MR) is 84.8 cm³/mol. The van der Waals surface area contributed by atoms with Gasteiger partial charge in [-0.15, -0.1) is 0 Å². The molecular formula is C17H20F2N4O2. The Kier molecular flexibility index (Phi) is 3.87. The van der Waals surface area contributed by atoms with Crippen LogP contribution in [0.15, 0.2) is 28.9 Å². The quantitative estimate of drug-likeness (QED) is 0.848. The monoisotopic (exact) mass is 350 g/mol. The Labute approximate surface area is 144 Å². The highest BCUT2D eigenvalue weighted by Gasteiger charge is 2.48. The molecule has 1 saturated heterocycles. The number of halogens is 2. The van der Waals surface area contributed by atoms with Crippen LogP contribution in [0, 0.1) is 12.8 Å². The molecule has 0 spiro atoms. The highest BCUT2D eigenvalue weighted by Crippen LogP contribution is 2.29. The van der Waals surface area contributed by atoms with Crippen molar-refractivity contribution in [1.29, 1.82) is 0 Å². The maximum absolute atomic E-state index is 13.1. The molecule has 4 heterocycles. The summed E-state index contributed by atoms with van der Waals surface area (Å²) in [5, 5.41) is 4.02. The molecule has 0 N–H and O–H groups in total. The van der Waals surface area contributed by atoms with Gasteiger partial charge in [0.15, 0.2) is 0 Å². The number of aromatic nitrogens is 2. The molecule has 4 rings (SSSR count). The normalized spacial score (nSPS) is 23.0. The van der Waals surface area contributed by atoms with E-state index in [1.54, 1.807) is 0 Å². The summed E-state index contributed by atoms with van der Waals surface area (Å²) in [5.74, 6) is -2.55. The topological polar surface area (TPSA) is 54.5 Å². The third-order valence-corrected chi connectivity index (χ3v) is 4.77. The van der Waals surface area contributed by atoms with Crippen molar-refractivity contribution in [3.8, 4) is 0 Å². The Morgan fingerprint density at radius 2 is 2.20 bits per heavy atom. The number of amides is 1. The van der Waals surface area contributed by atoms with Gasteiger partial charge in [-0.3, -0.25) is 9.69 Å². The minimum Gasteiger partial charge on any atom is -0.361 e. The van der Waals surface area contributed by atoms with Gasteiger partial charge in [-0.25, -0.2) is 8.78 Å². The molecule has 2 aliphatic rings. The second kappa shape index (κ2) is 5.94. The Morgan fingerprint density at radius 1 is 1.40 bits per heavy atom. The number of aryl methyl sites for hydroxylation is 1. The SMILES string of the molecule is Cc1cc(CN2Cc3cccn3C[C@H](C(=O)N3CC(F)(F)C3)C2)no1.